The van der Waals surface area contributed by atoms with Gasteiger partial charge in [-0.1, -0.05) is 0 Å². The van der Waals surface area contributed by atoms with Crippen molar-refractivity contribution in [1.29, 1.82) is 5.26 Å². The first-order valence-electron chi connectivity index (χ1n) is 4.39. The van der Waals surface area contributed by atoms with Gasteiger partial charge in [0.05, 0.1) is 12.0 Å². The third-order valence-corrected chi connectivity index (χ3v) is 3.22. The van der Waals surface area contributed by atoms with Gasteiger partial charge in [0.2, 0.25) is 0 Å². The Morgan fingerprint density at radius 2 is 2.45 bits per heavy atom. The predicted octanol–water partition coefficient (Wildman–Crippen LogP) is 1.38. The normalized spacial score (nSPS) is 43.8. The van der Waals surface area contributed by atoms with Gasteiger partial charge in [-0.3, -0.25) is 4.90 Å². The van der Waals surface area contributed by atoms with Crippen LogP contribution in [0.4, 0.5) is 0 Å². The number of rotatable bonds is 0. The zero-order chi connectivity index (χ0) is 7.90. The van der Waals surface area contributed by atoms with Crippen LogP contribution in [-0.2, 0) is 0 Å². The minimum atomic E-state index is 0.306. The molecule has 2 rings (SSSR count). The first-order chi connectivity index (χ1) is 5.24. The van der Waals surface area contributed by atoms with E-state index in [9.17, 15) is 0 Å². The molecule has 2 nitrogen and oxygen atoms in total. The van der Waals surface area contributed by atoms with Crippen LogP contribution >= 0.6 is 0 Å². The molecule has 1 unspecified atom stereocenters. The topological polar surface area (TPSA) is 27.0 Å². The Hall–Kier alpha value is -0.550. The van der Waals surface area contributed by atoms with Gasteiger partial charge in [-0.2, -0.15) is 5.26 Å². The second-order valence-electron chi connectivity index (χ2n) is 4.08. The van der Waals surface area contributed by atoms with Crippen molar-refractivity contribution >= 4 is 0 Å². The van der Waals surface area contributed by atoms with E-state index in [4.69, 9.17) is 5.26 Å². The van der Waals surface area contributed by atoms with Crippen LogP contribution in [0.2, 0.25) is 0 Å². The lowest BCUT2D eigenvalue weighted by Crippen LogP contribution is -2.34. The fourth-order valence-corrected chi connectivity index (χ4v) is 2.57. The molecule has 0 amide bonds. The van der Waals surface area contributed by atoms with Crippen LogP contribution in [0.1, 0.15) is 26.2 Å². The van der Waals surface area contributed by atoms with E-state index in [1.807, 2.05) is 0 Å². The van der Waals surface area contributed by atoms with Crippen molar-refractivity contribution in [2.45, 2.75) is 31.7 Å². The molecule has 2 atom stereocenters. The smallest absolute Gasteiger partial charge is 0.0670 e. The van der Waals surface area contributed by atoms with Gasteiger partial charge in [-0.05, 0) is 32.7 Å². The molecule has 2 fully saturated rings. The van der Waals surface area contributed by atoms with Crippen molar-refractivity contribution in [3.63, 3.8) is 0 Å². The van der Waals surface area contributed by atoms with Crippen LogP contribution in [0.3, 0.4) is 0 Å². The Bertz CT molecular complexity index is 206. The molecular weight excluding hydrogens is 136 g/mol. The summed E-state index contributed by atoms with van der Waals surface area (Å²) in [5.74, 6) is 0.306. The fraction of sp³-hybridized carbons (Fsp3) is 0.889. The minimum Gasteiger partial charge on any atom is -0.297 e. The van der Waals surface area contributed by atoms with E-state index < -0.39 is 0 Å². The molecule has 0 aromatic rings. The van der Waals surface area contributed by atoms with Crippen molar-refractivity contribution in [1.82, 2.24) is 4.90 Å². The average molecular weight is 150 g/mol. The van der Waals surface area contributed by atoms with E-state index in [1.165, 1.54) is 19.4 Å². The highest BCUT2D eigenvalue weighted by Crippen LogP contribution is 2.40. The first kappa shape index (κ1) is 7.12. The molecule has 0 aromatic heterocycles. The molecule has 0 bridgehead atoms. The average Bonchev–Trinajstić information content (AvgIpc) is 2.42. The van der Waals surface area contributed by atoms with Crippen molar-refractivity contribution in [2.75, 3.05) is 13.1 Å². The lowest BCUT2D eigenvalue weighted by molar-refractivity contribution is 0.218. The molecule has 2 heterocycles. The Labute approximate surface area is 67.8 Å². The van der Waals surface area contributed by atoms with Crippen molar-refractivity contribution in [3.05, 3.63) is 0 Å². The Morgan fingerprint density at radius 1 is 1.64 bits per heavy atom. The summed E-state index contributed by atoms with van der Waals surface area (Å²) in [4.78, 5) is 2.49. The lowest BCUT2D eigenvalue weighted by Gasteiger charge is -2.26. The lowest BCUT2D eigenvalue weighted by atomic mass is 9.93. The third-order valence-electron chi connectivity index (χ3n) is 3.22. The van der Waals surface area contributed by atoms with E-state index >= 15 is 0 Å². The number of fused-ring (bicyclic) bond motifs is 1. The summed E-state index contributed by atoms with van der Waals surface area (Å²) >= 11 is 0. The summed E-state index contributed by atoms with van der Waals surface area (Å²) in [6.45, 7) is 4.54. The summed E-state index contributed by atoms with van der Waals surface area (Å²) in [6.07, 6.45) is 3.73. The van der Waals surface area contributed by atoms with Crippen LogP contribution in [-0.4, -0.2) is 23.5 Å². The summed E-state index contributed by atoms with van der Waals surface area (Å²) in [5.41, 5.74) is 0.389. The highest BCUT2D eigenvalue weighted by molar-refractivity contribution is 5.05. The number of hydrogen-bond donors (Lipinski definition) is 0. The van der Waals surface area contributed by atoms with E-state index in [2.05, 4.69) is 17.9 Å². The van der Waals surface area contributed by atoms with Gasteiger partial charge in [0.1, 0.15) is 0 Å². The van der Waals surface area contributed by atoms with Crippen molar-refractivity contribution < 1.29 is 0 Å². The third kappa shape index (κ3) is 0.954. The van der Waals surface area contributed by atoms with Gasteiger partial charge in [-0.25, -0.2) is 0 Å². The fourth-order valence-electron chi connectivity index (χ4n) is 2.57. The van der Waals surface area contributed by atoms with Crippen LogP contribution in [0, 0.1) is 17.2 Å². The maximum Gasteiger partial charge on any atom is 0.0670 e. The summed E-state index contributed by atoms with van der Waals surface area (Å²) in [6, 6.07) is 2.38. The molecule has 0 aromatic carbocycles. The summed E-state index contributed by atoms with van der Waals surface area (Å²) < 4.78 is 0. The van der Waals surface area contributed by atoms with Gasteiger partial charge >= 0.3 is 0 Å². The van der Waals surface area contributed by atoms with Crippen LogP contribution in [0.25, 0.3) is 0 Å². The van der Waals surface area contributed by atoms with Crippen LogP contribution in [0.15, 0.2) is 0 Å². The van der Waals surface area contributed by atoms with E-state index in [0.717, 1.165) is 13.0 Å². The zero-order valence-corrected chi connectivity index (χ0v) is 7.01. The Morgan fingerprint density at radius 3 is 3.09 bits per heavy atom. The second-order valence-corrected chi connectivity index (χ2v) is 4.08. The SMILES string of the molecule is C[C@@]12CCCN1CC(C#N)C2. The number of nitrogens with zero attached hydrogens (tertiary/aromatic N) is 2. The highest BCUT2D eigenvalue weighted by Gasteiger charge is 2.44. The number of nitriles is 1. The summed E-state index contributed by atoms with van der Waals surface area (Å²) in [5, 5.41) is 8.76. The van der Waals surface area contributed by atoms with Crippen molar-refractivity contribution in [3.8, 4) is 6.07 Å². The van der Waals surface area contributed by atoms with Crippen molar-refractivity contribution in [2.24, 2.45) is 5.92 Å². The molecule has 0 N–H and O–H groups in total. The van der Waals surface area contributed by atoms with Crippen LogP contribution in [0.5, 0.6) is 0 Å². The highest BCUT2D eigenvalue weighted by atomic mass is 15.2. The Balaban J connectivity index is 2.14. The van der Waals surface area contributed by atoms with Gasteiger partial charge in [0, 0.05) is 12.1 Å². The number of hydrogen-bond acceptors (Lipinski definition) is 2. The van der Waals surface area contributed by atoms with Gasteiger partial charge < -0.3 is 0 Å². The van der Waals surface area contributed by atoms with E-state index in [-0.39, 0.29) is 0 Å². The molecule has 0 spiro atoms. The molecule has 60 valence electrons. The largest absolute Gasteiger partial charge is 0.297 e. The molecule has 0 radical (unpaired) electrons. The molecule has 2 aliphatic heterocycles. The monoisotopic (exact) mass is 150 g/mol. The van der Waals surface area contributed by atoms with Gasteiger partial charge in [0.15, 0.2) is 0 Å². The maximum absolute atomic E-state index is 8.76. The first-order valence-corrected chi connectivity index (χ1v) is 4.39. The molecule has 2 heteroatoms. The Kier molecular flexibility index (Phi) is 1.43. The second kappa shape index (κ2) is 2.22. The predicted molar refractivity (Wildman–Crippen MR) is 42.9 cm³/mol. The van der Waals surface area contributed by atoms with Crippen LogP contribution < -0.4 is 0 Å². The zero-order valence-electron chi connectivity index (χ0n) is 7.01. The molecule has 2 saturated heterocycles. The van der Waals surface area contributed by atoms with Gasteiger partial charge in [0.25, 0.3) is 0 Å². The van der Waals surface area contributed by atoms with E-state index in [0.29, 0.717) is 11.5 Å². The van der Waals surface area contributed by atoms with Gasteiger partial charge in [-0.15, -0.1) is 0 Å². The summed E-state index contributed by atoms with van der Waals surface area (Å²) in [7, 11) is 0. The minimum absolute atomic E-state index is 0.306. The quantitative estimate of drug-likeness (QED) is 0.521. The molecule has 0 aliphatic carbocycles. The molecule has 11 heavy (non-hydrogen) atoms. The standard InChI is InChI=1S/C9H14N2/c1-9-3-2-4-11(9)7-8(5-9)6-10/h8H,2-5,7H2,1H3/t8?,9-/m0/s1. The molecule has 0 saturated carbocycles. The molecule has 2 aliphatic rings. The maximum atomic E-state index is 8.76. The molecular formula is C9H14N2. The van der Waals surface area contributed by atoms with E-state index in [1.54, 1.807) is 0 Å².